The van der Waals surface area contributed by atoms with Crippen molar-refractivity contribution in [2.45, 2.75) is 62.9 Å². The molecule has 3 atom stereocenters. The van der Waals surface area contributed by atoms with Crippen molar-refractivity contribution in [1.29, 1.82) is 0 Å². The van der Waals surface area contributed by atoms with E-state index in [1.807, 2.05) is 24.3 Å². The third-order valence-electron chi connectivity index (χ3n) is 8.18. The van der Waals surface area contributed by atoms with Crippen molar-refractivity contribution in [3.8, 4) is 5.75 Å². The summed E-state index contributed by atoms with van der Waals surface area (Å²) in [6, 6.07) is 18.8. The van der Waals surface area contributed by atoms with Crippen LogP contribution in [0.2, 0.25) is 0 Å². The van der Waals surface area contributed by atoms with Crippen LogP contribution in [0.25, 0.3) is 0 Å². The number of benzene rings is 3. The number of amides is 4. The Bertz CT molecular complexity index is 1460. The third-order valence-corrected chi connectivity index (χ3v) is 8.67. The lowest BCUT2D eigenvalue weighted by atomic mass is 9.76. The zero-order valence-corrected chi connectivity index (χ0v) is 26.3. The maximum Gasteiger partial charge on any atom is 0.248 e. The fraction of sp³-hybridized carbons (Fsp3) is 0.353. The Morgan fingerprint density at radius 3 is 2.05 bits per heavy atom. The highest BCUT2D eigenvalue weighted by Gasteiger charge is 2.34. The molecule has 0 aliphatic heterocycles. The number of hydrogen-bond acceptors (Lipinski definition) is 5. The lowest BCUT2D eigenvalue weighted by molar-refractivity contribution is -0.132. The van der Waals surface area contributed by atoms with Crippen LogP contribution in [0.5, 0.6) is 5.75 Å². The van der Waals surface area contributed by atoms with Gasteiger partial charge in [-0.3, -0.25) is 19.2 Å². The Kier molecular flexibility index (Phi) is 11.5. The van der Waals surface area contributed by atoms with Crippen molar-refractivity contribution >= 4 is 39.6 Å². The van der Waals surface area contributed by atoms with Crippen LogP contribution in [0.3, 0.4) is 0 Å². The molecule has 0 bridgehead atoms. The number of nitrogens with one attached hydrogen (secondary N) is 3. The monoisotopic (exact) mass is 662 g/mol. The molecule has 4 rings (SSSR count). The number of carbonyl (C=O) groups is 4. The second kappa shape index (κ2) is 15.5. The Morgan fingerprint density at radius 2 is 1.43 bits per heavy atom. The van der Waals surface area contributed by atoms with Gasteiger partial charge in [0.15, 0.2) is 0 Å². The first-order chi connectivity index (χ1) is 21.1. The smallest absolute Gasteiger partial charge is 0.248 e. The molecule has 6 N–H and O–H groups in total. The molecule has 3 aromatic carbocycles. The van der Waals surface area contributed by atoms with E-state index in [9.17, 15) is 24.3 Å². The molecule has 4 amide bonds. The summed E-state index contributed by atoms with van der Waals surface area (Å²) in [5.41, 5.74) is 8.06. The fourth-order valence-electron chi connectivity index (χ4n) is 5.85. The van der Waals surface area contributed by atoms with Gasteiger partial charge in [0, 0.05) is 29.9 Å². The van der Waals surface area contributed by atoms with Gasteiger partial charge < -0.3 is 26.8 Å². The van der Waals surface area contributed by atoms with Gasteiger partial charge in [-0.05, 0) is 71.8 Å². The van der Waals surface area contributed by atoms with Crippen LogP contribution in [-0.4, -0.2) is 47.9 Å². The molecule has 1 aliphatic carbocycles. The highest BCUT2D eigenvalue weighted by Crippen LogP contribution is 2.37. The first kappa shape index (κ1) is 32.7. The van der Waals surface area contributed by atoms with E-state index in [0.717, 1.165) is 47.7 Å². The molecule has 0 aromatic heterocycles. The number of phenols is 1. The summed E-state index contributed by atoms with van der Waals surface area (Å²) in [5, 5.41) is 18.4. The van der Waals surface area contributed by atoms with Gasteiger partial charge >= 0.3 is 0 Å². The number of phenolic OH excluding ortho intramolecular Hbond substituents is 1. The predicted octanol–water partition coefficient (Wildman–Crippen LogP) is 4.12. The van der Waals surface area contributed by atoms with E-state index in [0.29, 0.717) is 11.1 Å². The van der Waals surface area contributed by atoms with Crippen molar-refractivity contribution in [1.82, 2.24) is 16.0 Å². The molecule has 10 heteroatoms. The number of nitrogens with two attached hydrogens (primary N) is 1. The summed E-state index contributed by atoms with van der Waals surface area (Å²) in [6.07, 6.45) is 5.30. The van der Waals surface area contributed by atoms with E-state index in [1.165, 1.54) is 7.05 Å². The van der Waals surface area contributed by atoms with Crippen LogP contribution in [0.15, 0.2) is 77.3 Å². The molecule has 9 nitrogen and oxygen atoms in total. The lowest BCUT2D eigenvalue weighted by Crippen LogP contribution is -2.55. The normalized spacial score (nSPS) is 15.4. The maximum absolute atomic E-state index is 14.1. The number of rotatable bonds is 12. The number of primary amides is 1. The maximum atomic E-state index is 14.1. The third kappa shape index (κ3) is 8.92. The molecule has 1 saturated carbocycles. The van der Waals surface area contributed by atoms with E-state index in [4.69, 9.17) is 5.73 Å². The predicted molar refractivity (Wildman–Crippen MR) is 172 cm³/mol. The fourth-order valence-corrected chi connectivity index (χ4v) is 6.30. The van der Waals surface area contributed by atoms with E-state index >= 15 is 0 Å². The van der Waals surface area contributed by atoms with E-state index in [2.05, 4.69) is 31.9 Å². The van der Waals surface area contributed by atoms with Gasteiger partial charge in [-0.1, -0.05) is 71.6 Å². The quantitative estimate of drug-likeness (QED) is 0.198. The minimum atomic E-state index is -1.01. The van der Waals surface area contributed by atoms with Crippen LogP contribution in [0.4, 0.5) is 0 Å². The SMILES string of the molecule is CNC(=O)[C@H](Cc1cccc(Br)c1)NC(=O)[C@H](Cc1ccc(C(N)=O)cc1)NC(=O)C(c1ccc(O)cc1)C1CCCCC1. The topological polar surface area (TPSA) is 151 Å². The first-order valence-corrected chi connectivity index (χ1v) is 15.7. The zero-order valence-electron chi connectivity index (χ0n) is 24.7. The number of carbonyl (C=O) groups excluding carboxylic acids is 4. The minimum absolute atomic E-state index is 0.0852. The molecule has 1 aliphatic rings. The summed E-state index contributed by atoms with van der Waals surface area (Å²) in [6.45, 7) is 0. The van der Waals surface area contributed by atoms with Crippen molar-refractivity contribution in [3.05, 3.63) is 99.5 Å². The van der Waals surface area contributed by atoms with Crippen LogP contribution in [0, 0.1) is 5.92 Å². The van der Waals surface area contributed by atoms with Gasteiger partial charge in [0.25, 0.3) is 0 Å². The van der Waals surface area contributed by atoms with Gasteiger partial charge in [-0.15, -0.1) is 0 Å². The number of likely N-dealkylation sites (N-methyl/N-ethyl adjacent to an activating group) is 1. The first-order valence-electron chi connectivity index (χ1n) is 14.9. The average Bonchev–Trinajstić information content (AvgIpc) is 3.02. The van der Waals surface area contributed by atoms with Crippen molar-refractivity contribution in [2.24, 2.45) is 11.7 Å². The average molecular weight is 664 g/mol. The van der Waals surface area contributed by atoms with Gasteiger partial charge in [0.2, 0.25) is 23.6 Å². The Labute approximate surface area is 266 Å². The summed E-state index contributed by atoms with van der Waals surface area (Å²) in [4.78, 5) is 52.5. The largest absolute Gasteiger partial charge is 0.508 e. The highest BCUT2D eigenvalue weighted by molar-refractivity contribution is 9.10. The molecule has 44 heavy (non-hydrogen) atoms. The summed E-state index contributed by atoms with van der Waals surface area (Å²) in [5.74, 6) is -2.04. The molecule has 232 valence electrons. The second-order valence-electron chi connectivity index (χ2n) is 11.3. The Balaban J connectivity index is 1.62. The Hall–Kier alpha value is -4.18. The summed E-state index contributed by atoms with van der Waals surface area (Å²) in [7, 11) is 1.51. The van der Waals surface area contributed by atoms with Crippen LogP contribution in [-0.2, 0) is 27.2 Å². The van der Waals surface area contributed by atoms with E-state index in [1.54, 1.807) is 48.5 Å². The molecule has 0 saturated heterocycles. The molecule has 0 radical (unpaired) electrons. The van der Waals surface area contributed by atoms with Gasteiger partial charge in [-0.2, -0.15) is 0 Å². The van der Waals surface area contributed by atoms with Gasteiger partial charge in [0.05, 0.1) is 5.92 Å². The van der Waals surface area contributed by atoms with Gasteiger partial charge in [0.1, 0.15) is 17.8 Å². The molecule has 0 heterocycles. The van der Waals surface area contributed by atoms with Gasteiger partial charge in [-0.25, -0.2) is 0 Å². The van der Waals surface area contributed by atoms with Crippen LogP contribution < -0.4 is 21.7 Å². The molecule has 3 aromatic rings. The molecular weight excluding hydrogens is 624 g/mol. The van der Waals surface area contributed by atoms with E-state index < -0.39 is 29.8 Å². The number of aromatic hydroxyl groups is 1. The van der Waals surface area contributed by atoms with Crippen LogP contribution >= 0.6 is 15.9 Å². The number of hydrogen-bond donors (Lipinski definition) is 5. The number of halogens is 1. The molecule has 1 fully saturated rings. The van der Waals surface area contributed by atoms with Crippen molar-refractivity contribution < 1.29 is 24.3 Å². The van der Waals surface area contributed by atoms with Crippen molar-refractivity contribution in [3.63, 3.8) is 0 Å². The highest BCUT2D eigenvalue weighted by atomic mass is 79.9. The minimum Gasteiger partial charge on any atom is -0.508 e. The zero-order chi connectivity index (χ0) is 31.6. The second-order valence-corrected chi connectivity index (χ2v) is 12.2. The summed E-state index contributed by atoms with van der Waals surface area (Å²) < 4.78 is 0.851. The molecule has 0 spiro atoms. The Morgan fingerprint density at radius 1 is 0.818 bits per heavy atom. The summed E-state index contributed by atoms with van der Waals surface area (Å²) >= 11 is 3.45. The molecule has 1 unspecified atom stereocenters. The van der Waals surface area contributed by atoms with Crippen LogP contribution in [0.1, 0.15) is 65.1 Å². The van der Waals surface area contributed by atoms with E-state index in [-0.39, 0.29) is 36.3 Å². The molecular formula is C34H39BrN4O5. The van der Waals surface area contributed by atoms with Crippen molar-refractivity contribution in [2.75, 3.05) is 7.05 Å². The standard InChI is InChI=1S/C34H39BrN4O5/c1-37-32(42)28(20-22-6-5-9-26(35)18-22)38-33(43)29(19-21-10-12-25(13-11-21)31(36)41)39-34(44)30(23-7-3-2-4-8-23)24-14-16-27(40)17-15-24/h5-6,9-18,23,28-30,40H,2-4,7-8,19-20H2,1H3,(H2,36,41)(H,37,42)(H,38,43)(H,39,44)/t28-,29-,30?/m0/s1. The lowest BCUT2D eigenvalue weighted by Gasteiger charge is -2.31.